The molecule has 3 aromatic rings. The van der Waals surface area contributed by atoms with Crippen LogP contribution in [0.4, 0.5) is 0 Å². The minimum Gasteiger partial charge on any atom is -0.453 e. The fourth-order valence-corrected chi connectivity index (χ4v) is 2.04. The number of allylic oxidation sites excluding steroid dienone is 1. The van der Waals surface area contributed by atoms with Gasteiger partial charge in [-0.1, -0.05) is 17.7 Å². The van der Waals surface area contributed by atoms with Gasteiger partial charge in [0.2, 0.25) is 5.78 Å². The monoisotopic (exact) mass is 283 g/mol. The zero-order valence-corrected chi connectivity index (χ0v) is 11.2. The zero-order valence-electron chi connectivity index (χ0n) is 10.4. The average molecular weight is 284 g/mol. The van der Waals surface area contributed by atoms with E-state index in [0.717, 1.165) is 10.9 Å². The van der Waals surface area contributed by atoms with E-state index in [1.54, 1.807) is 42.7 Å². The number of halogens is 1. The van der Waals surface area contributed by atoms with E-state index >= 15 is 0 Å². The van der Waals surface area contributed by atoms with Crippen molar-refractivity contribution in [2.75, 3.05) is 0 Å². The van der Waals surface area contributed by atoms with Gasteiger partial charge in [-0.15, -0.1) is 0 Å². The van der Waals surface area contributed by atoms with Gasteiger partial charge in [-0.05, 0) is 48.0 Å². The van der Waals surface area contributed by atoms with Crippen molar-refractivity contribution < 1.29 is 9.21 Å². The number of furan rings is 1. The Labute approximate surface area is 120 Å². The molecule has 0 saturated carbocycles. The summed E-state index contributed by atoms with van der Waals surface area (Å²) < 4.78 is 5.50. The van der Waals surface area contributed by atoms with Gasteiger partial charge in [0.25, 0.3) is 0 Å². The molecule has 0 saturated heterocycles. The van der Waals surface area contributed by atoms with E-state index in [2.05, 4.69) is 4.98 Å². The minimum absolute atomic E-state index is 0.193. The third-order valence-corrected chi connectivity index (χ3v) is 3.07. The number of fused-ring (bicyclic) bond motifs is 1. The van der Waals surface area contributed by atoms with E-state index in [1.807, 2.05) is 12.1 Å². The normalized spacial score (nSPS) is 11.2. The maximum atomic E-state index is 12.0. The largest absolute Gasteiger partial charge is 0.453 e. The van der Waals surface area contributed by atoms with E-state index in [0.29, 0.717) is 16.4 Å². The molecule has 98 valence electrons. The number of carbonyl (C=O) groups is 1. The van der Waals surface area contributed by atoms with Gasteiger partial charge in [0.1, 0.15) is 5.58 Å². The highest BCUT2D eigenvalue weighted by Crippen LogP contribution is 2.23. The van der Waals surface area contributed by atoms with Gasteiger partial charge in [-0.3, -0.25) is 9.78 Å². The number of nitrogens with zero attached hydrogens (tertiary/aromatic N) is 1. The van der Waals surface area contributed by atoms with E-state index in [-0.39, 0.29) is 5.78 Å². The Balaban J connectivity index is 1.87. The summed E-state index contributed by atoms with van der Waals surface area (Å²) in [5, 5.41) is 1.43. The Morgan fingerprint density at radius 2 is 2.15 bits per heavy atom. The predicted octanol–water partition coefficient (Wildman–Crippen LogP) is 4.38. The SMILES string of the molecule is O=C(/C=C/c1cccnc1)c1cc2cc(Cl)ccc2o1. The summed E-state index contributed by atoms with van der Waals surface area (Å²) in [4.78, 5) is 16.0. The second-order valence-corrected chi connectivity index (χ2v) is 4.71. The van der Waals surface area contributed by atoms with Gasteiger partial charge in [-0.25, -0.2) is 0 Å². The molecule has 0 aliphatic rings. The Morgan fingerprint density at radius 1 is 1.25 bits per heavy atom. The first-order valence-corrected chi connectivity index (χ1v) is 6.42. The lowest BCUT2D eigenvalue weighted by atomic mass is 10.2. The Morgan fingerprint density at radius 3 is 2.95 bits per heavy atom. The van der Waals surface area contributed by atoms with Crippen molar-refractivity contribution in [2.24, 2.45) is 0 Å². The minimum atomic E-state index is -0.193. The maximum absolute atomic E-state index is 12.0. The molecule has 2 heterocycles. The second-order valence-electron chi connectivity index (χ2n) is 4.28. The summed E-state index contributed by atoms with van der Waals surface area (Å²) in [6.07, 6.45) is 6.54. The van der Waals surface area contributed by atoms with Crippen molar-refractivity contribution in [3.63, 3.8) is 0 Å². The van der Waals surface area contributed by atoms with Crippen molar-refractivity contribution >= 4 is 34.4 Å². The number of ketones is 1. The van der Waals surface area contributed by atoms with Gasteiger partial charge in [0.05, 0.1) is 0 Å². The lowest BCUT2D eigenvalue weighted by molar-refractivity contribution is 0.102. The molecule has 0 spiro atoms. The molecule has 3 rings (SSSR count). The Hall–Kier alpha value is -2.39. The molecule has 0 bridgehead atoms. The van der Waals surface area contributed by atoms with Crippen molar-refractivity contribution in [2.45, 2.75) is 0 Å². The lowest BCUT2D eigenvalue weighted by Gasteiger charge is -1.90. The van der Waals surface area contributed by atoms with Crippen LogP contribution in [0.15, 0.2) is 59.3 Å². The van der Waals surface area contributed by atoms with E-state index in [1.165, 1.54) is 6.08 Å². The first kappa shape index (κ1) is 12.6. The Bertz CT molecular complexity index is 791. The molecule has 0 aliphatic heterocycles. The molecule has 0 atom stereocenters. The number of hydrogen-bond donors (Lipinski definition) is 0. The fraction of sp³-hybridized carbons (Fsp3) is 0. The first-order valence-electron chi connectivity index (χ1n) is 6.04. The van der Waals surface area contributed by atoms with Crippen molar-refractivity contribution in [1.82, 2.24) is 4.98 Å². The van der Waals surface area contributed by atoms with E-state index < -0.39 is 0 Å². The molecular formula is C16H10ClNO2. The van der Waals surface area contributed by atoms with Gasteiger partial charge in [-0.2, -0.15) is 0 Å². The number of pyridine rings is 1. The van der Waals surface area contributed by atoms with Crippen LogP contribution in [0.2, 0.25) is 5.02 Å². The highest BCUT2D eigenvalue weighted by Gasteiger charge is 2.09. The fourth-order valence-electron chi connectivity index (χ4n) is 1.86. The standard InChI is InChI=1S/C16H10ClNO2/c17-13-4-6-15-12(8-13)9-16(20-15)14(19)5-3-11-2-1-7-18-10-11/h1-10H/b5-3+. The highest BCUT2D eigenvalue weighted by atomic mass is 35.5. The molecule has 0 aliphatic carbocycles. The maximum Gasteiger partial charge on any atom is 0.221 e. The van der Waals surface area contributed by atoms with Gasteiger partial charge in [0.15, 0.2) is 5.76 Å². The molecule has 2 aromatic heterocycles. The predicted molar refractivity (Wildman–Crippen MR) is 78.8 cm³/mol. The molecule has 0 radical (unpaired) electrons. The van der Waals surface area contributed by atoms with Crippen molar-refractivity contribution in [1.29, 1.82) is 0 Å². The zero-order chi connectivity index (χ0) is 13.9. The van der Waals surface area contributed by atoms with E-state index in [9.17, 15) is 4.79 Å². The van der Waals surface area contributed by atoms with Crippen molar-refractivity contribution in [3.8, 4) is 0 Å². The van der Waals surface area contributed by atoms with Crippen LogP contribution in [0.3, 0.4) is 0 Å². The molecule has 4 heteroatoms. The topological polar surface area (TPSA) is 43.1 Å². The summed E-state index contributed by atoms with van der Waals surface area (Å²) in [7, 11) is 0. The second kappa shape index (κ2) is 5.31. The van der Waals surface area contributed by atoms with Crippen LogP contribution < -0.4 is 0 Å². The highest BCUT2D eigenvalue weighted by molar-refractivity contribution is 6.31. The lowest BCUT2D eigenvalue weighted by Crippen LogP contribution is -1.90. The summed E-state index contributed by atoms with van der Waals surface area (Å²) >= 11 is 5.90. The molecular weight excluding hydrogens is 274 g/mol. The molecule has 0 fully saturated rings. The van der Waals surface area contributed by atoms with Crippen LogP contribution in [0, 0.1) is 0 Å². The smallest absolute Gasteiger partial charge is 0.221 e. The summed E-state index contributed by atoms with van der Waals surface area (Å²) in [5.41, 5.74) is 1.51. The third kappa shape index (κ3) is 2.63. The molecule has 1 aromatic carbocycles. The first-order chi connectivity index (χ1) is 9.72. The number of hydrogen-bond acceptors (Lipinski definition) is 3. The molecule has 3 nitrogen and oxygen atoms in total. The van der Waals surface area contributed by atoms with Gasteiger partial charge < -0.3 is 4.42 Å². The van der Waals surface area contributed by atoms with Crippen LogP contribution in [0.25, 0.3) is 17.0 Å². The number of rotatable bonds is 3. The van der Waals surface area contributed by atoms with Crippen LogP contribution in [-0.2, 0) is 0 Å². The molecule has 20 heavy (non-hydrogen) atoms. The third-order valence-electron chi connectivity index (χ3n) is 2.83. The van der Waals surface area contributed by atoms with Crippen LogP contribution in [-0.4, -0.2) is 10.8 Å². The number of carbonyl (C=O) groups excluding carboxylic acids is 1. The number of benzene rings is 1. The molecule has 0 amide bonds. The molecule has 0 N–H and O–H groups in total. The van der Waals surface area contributed by atoms with Crippen LogP contribution >= 0.6 is 11.6 Å². The van der Waals surface area contributed by atoms with Crippen LogP contribution in [0.5, 0.6) is 0 Å². The van der Waals surface area contributed by atoms with Crippen LogP contribution in [0.1, 0.15) is 16.1 Å². The summed E-state index contributed by atoms with van der Waals surface area (Å²) in [6, 6.07) is 10.6. The summed E-state index contributed by atoms with van der Waals surface area (Å²) in [6.45, 7) is 0. The molecule has 0 unspecified atom stereocenters. The summed E-state index contributed by atoms with van der Waals surface area (Å²) in [5.74, 6) is 0.101. The number of aromatic nitrogens is 1. The van der Waals surface area contributed by atoms with Gasteiger partial charge in [0, 0.05) is 22.8 Å². The van der Waals surface area contributed by atoms with Crippen molar-refractivity contribution in [3.05, 3.63) is 71.2 Å². The average Bonchev–Trinajstić information content (AvgIpc) is 2.89. The Kier molecular flexibility index (Phi) is 3.35. The van der Waals surface area contributed by atoms with E-state index in [4.69, 9.17) is 16.0 Å². The quantitative estimate of drug-likeness (QED) is 0.529. The van der Waals surface area contributed by atoms with Gasteiger partial charge >= 0.3 is 0 Å².